The standard InChI is InChI=1S/C14H20N2O2S/c1-11(19(2)18)8-9-16-13(17)10-15-14(16)12-6-4-3-5-7-12/h3-7,11,14-15H,8-10H2,1-2H3. The molecular weight excluding hydrogens is 260 g/mol. The van der Waals surface area contributed by atoms with Crippen LogP contribution in [0, 0.1) is 0 Å². The molecule has 0 aromatic heterocycles. The maximum atomic E-state index is 11.9. The molecule has 1 heterocycles. The molecule has 0 spiro atoms. The molecule has 2 rings (SSSR count). The van der Waals surface area contributed by atoms with Crippen molar-refractivity contribution in [2.45, 2.75) is 24.8 Å². The van der Waals surface area contributed by atoms with Crippen LogP contribution in [0.3, 0.4) is 0 Å². The molecule has 0 bridgehead atoms. The Morgan fingerprint density at radius 1 is 1.42 bits per heavy atom. The van der Waals surface area contributed by atoms with Crippen molar-refractivity contribution in [1.29, 1.82) is 0 Å². The van der Waals surface area contributed by atoms with Gasteiger partial charge in [-0.15, -0.1) is 0 Å². The first-order valence-electron chi connectivity index (χ1n) is 6.49. The second kappa shape index (κ2) is 6.30. The second-order valence-electron chi connectivity index (χ2n) is 4.88. The van der Waals surface area contributed by atoms with Gasteiger partial charge in [-0.05, 0) is 12.0 Å². The number of carbonyl (C=O) groups excluding carboxylic acids is 1. The molecule has 1 aliphatic heterocycles. The van der Waals surface area contributed by atoms with Crippen LogP contribution >= 0.6 is 0 Å². The van der Waals surface area contributed by atoms with Crippen molar-refractivity contribution in [3.05, 3.63) is 35.9 Å². The normalized spacial score (nSPS) is 22.5. The van der Waals surface area contributed by atoms with Crippen molar-refractivity contribution in [2.24, 2.45) is 0 Å². The van der Waals surface area contributed by atoms with Crippen LogP contribution in [-0.4, -0.2) is 39.6 Å². The van der Waals surface area contributed by atoms with Gasteiger partial charge in [-0.3, -0.25) is 14.3 Å². The summed E-state index contributed by atoms with van der Waals surface area (Å²) in [6, 6.07) is 9.95. The third-order valence-corrected chi connectivity index (χ3v) is 4.91. The molecule has 3 unspecified atom stereocenters. The number of hydrogen-bond acceptors (Lipinski definition) is 3. The highest BCUT2D eigenvalue weighted by Crippen LogP contribution is 2.22. The zero-order valence-electron chi connectivity index (χ0n) is 11.3. The fraction of sp³-hybridized carbons (Fsp3) is 0.500. The molecule has 4 nitrogen and oxygen atoms in total. The third-order valence-electron chi connectivity index (χ3n) is 3.54. The molecule has 1 saturated heterocycles. The lowest BCUT2D eigenvalue weighted by atomic mass is 10.1. The van der Waals surface area contributed by atoms with E-state index >= 15 is 0 Å². The van der Waals surface area contributed by atoms with Crippen molar-refractivity contribution < 1.29 is 9.00 Å². The Morgan fingerprint density at radius 3 is 2.74 bits per heavy atom. The maximum absolute atomic E-state index is 11.9. The van der Waals surface area contributed by atoms with Crippen LogP contribution in [0.5, 0.6) is 0 Å². The minimum atomic E-state index is -0.836. The highest BCUT2D eigenvalue weighted by Gasteiger charge is 2.31. The number of benzene rings is 1. The van der Waals surface area contributed by atoms with E-state index in [4.69, 9.17) is 0 Å². The highest BCUT2D eigenvalue weighted by atomic mass is 32.2. The Hall–Kier alpha value is -1.20. The van der Waals surface area contributed by atoms with Crippen molar-refractivity contribution in [3.8, 4) is 0 Å². The fourth-order valence-corrected chi connectivity index (χ4v) is 2.65. The third kappa shape index (κ3) is 3.42. The molecule has 1 amide bonds. The van der Waals surface area contributed by atoms with E-state index in [1.54, 1.807) is 6.26 Å². The van der Waals surface area contributed by atoms with Crippen LogP contribution in [0.4, 0.5) is 0 Å². The maximum Gasteiger partial charge on any atom is 0.238 e. The zero-order chi connectivity index (χ0) is 13.8. The SMILES string of the molecule is CC(CCN1C(=O)CNC1c1ccccc1)S(C)=O. The Labute approximate surface area is 116 Å². The van der Waals surface area contributed by atoms with E-state index in [1.807, 2.05) is 42.2 Å². The van der Waals surface area contributed by atoms with Crippen LogP contribution in [0.1, 0.15) is 25.1 Å². The lowest BCUT2D eigenvalue weighted by Gasteiger charge is -2.25. The first-order chi connectivity index (χ1) is 9.09. The monoisotopic (exact) mass is 280 g/mol. The van der Waals surface area contributed by atoms with Crippen molar-refractivity contribution in [2.75, 3.05) is 19.3 Å². The Balaban J connectivity index is 2.04. The van der Waals surface area contributed by atoms with Gasteiger partial charge in [0.1, 0.15) is 6.17 Å². The van der Waals surface area contributed by atoms with Crippen LogP contribution in [0.25, 0.3) is 0 Å². The number of nitrogens with one attached hydrogen (secondary N) is 1. The minimum Gasteiger partial charge on any atom is -0.322 e. The van der Waals surface area contributed by atoms with Gasteiger partial charge in [0.2, 0.25) is 5.91 Å². The summed E-state index contributed by atoms with van der Waals surface area (Å²) >= 11 is 0. The smallest absolute Gasteiger partial charge is 0.238 e. The predicted molar refractivity (Wildman–Crippen MR) is 77.0 cm³/mol. The van der Waals surface area contributed by atoms with E-state index in [9.17, 15) is 9.00 Å². The molecule has 19 heavy (non-hydrogen) atoms. The fourth-order valence-electron chi connectivity index (χ4n) is 2.21. The van der Waals surface area contributed by atoms with Gasteiger partial charge in [0.25, 0.3) is 0 Å². The van der Waals surface area contributed by atoms with Crippen molar-refractivity contribution >= 4 is 16.7 Å². The lowest BCUT2D eigenvalue weighted by molar-refractivity contribution is -0.128. The number of carbonyl (C=O) groups is 1. The number of amides is 1. The summed E-state index contributed by atoms with van der Waals surface area (Å²) < 4.78 is 11.4. The molecule has 1 aromatic rings. The zero-order valence-corrected chi connectivity index (χ0v) is 12.2. The quantitative estimate of drug-likeness (QED) is 0.884. The van der Waals surface area contributed by atoms with Gasteiger partial charge < -0.3 is 4.90 Å². The molecule has 0 saturated carbocycles. The second-order valence-corrected chi connectivity index (χ2v) is 6.68. The largest absolute Gasteiger partial charge is 0.322 e. The summed E-state index contributed by atoms with van der Waals surface area (Å²) in [4.78, 5) is 13.8. The summed E-state index contributed by atoms with van der Waals surface area (Å²) in [5.74, 6) is 0.114. The van der Waals surface area contributed by atoms with Crippen LogP contribution in [-0.2, 0) is 15.6 Å². The van der Waals surface area contributed by atoms with Crippen LogP contribution in [0.2, 0.25) is 0 Å². The van der Waals surface area contributed by atoms with Gasteiger partial charge in [-0.25, -0.2) is 0 Å². The van der Waals surface area contributed by atoms with E-state index in [-0.39, 0.29) is 17.3 Å². The van der Waals surface area contributed by atoms with E-state index in [2.05, 4.69) is 5.32 Å². The summed E-state index contributed by atoms with van der Waals surface area (Å²) in [6.07, 6.45) is 2.43. The molecule has 1 aliphatic rings. The number of nitrogens with zero attached hydrogens (tertiary/aromatic N) is 1. The van der Waals surface area contributed by atoms with Gasteiger partial charge in [-0.2, -0.15) is 0 Å². The van der Waals surface area contributed by atoms with Crippen molar-refractivity contribution in [3.63, 3.8) is 0 Å². The summed E-state index contributed by atoms with van der Waals surface area (Å²) in [7, 11) is -0.836. The molecule has 3 atom stereocenters. The Morgan fingerprint density at radius 2 is 2.11 bits per heavy atom. The first-order valence-corrected chi connectivity index (χ1v) is 8.11. The highest BCUT2D eigenvalue weighted by molar-refractivity contribution is 7.84. The summed E-state index contributed by atoms with van der Waals surface area (Å²) in [5.41, 5.74) is 1.10. The van der Waals surface area contributed by atoms with E-state index < -0.39 is 10.8 Å². The minimum absolute atomic E-state index is 0.0498. The number of rotatable bonds is 5. The Bertz CT molecular complexity index is 464. The van der Waals surface area contributed by atoms with Gasteiger partial charge >= 0.3 is 0 Å². The van der Waals surface area contributed by atoms with Gasteiger partial charge in [-0.1, -0.05) is 37.3 Å². The van der Waals surface area contributed by atoms with Gasteiger partial charge in [0, 0.05) is 28.9 Å². The summed E-state index contributed by atoms with van der Waals surface area (Å²) in [5, 5.41) is 3.34. The average molecular weight is 280 g/mol. The molecule has 1 fully saturated rings. The van der Waals surface area contributed by atoms with E-state index in [1.165, 1.54) is 0 Å². The van der Waals surface area contributed by atoms with Gasteiger partial charge in [0.05, 0.1) is 6.54 Å². The van der Waals surface area contributed by atoms with Crippen LogP contribution < -0.4 is 5.32 Å². The molecule has 0 radical (unpaired) electrons. The van der Waals surface area contributed by atoms with Crippen LogP contribution in [0.15, 0.2) is 30.3 Å². The molecule has 1 N–H and O–H groups in total. The lowest BCUT2D eigenvalue weighted by Crippen LogP contribution is -2.33. The first kappa shape index (κ1) is 14.2. The van der Waals surface area contributed by atoms with E-state index in [0.29, 0.717) is 13.1 Å². The predicted octanol–water partition coefficient (Wildman–Crippen LogP) is 1.27. The molecule has 5 heteroatoms. The summed E-state index contributed by atoms with van der Waals surface area (Å²) in [6.45, 7) is 2.98. The van der Waals surface area contributed by atoms with Gasteiger partial charge in [0.15, 0.2) is 0 Å². The topological polar surface area (TPSA) is 49.4 Å². The molecule has 0 aliphatic carbocycles. The van der Waals surface area contributed by atoms with Crippen molar-refractivity contribution in [1.82, 2.24) is 10.2 Å². The average Bonchev–Trinajstić information content (AvgIpc) is 2.78. The molecular formula is C14H20N2O2S. The number of hydrogen-bond donors (Lipinski definition) is 1. The molecule has 104 valence electrons. The Kier molecular flexibility index (Phi) is 4.71. The molecule has 1 aromatic carbocycles. The van der Waals surface area contributed by atoms with E-state index in [0.717, 1.165) is 12.0 Å².